The second-order valence-corrected chi connectivity index (χ2v) is 4.69. The van der Waals surface area contributed by atoms with Gasteiger partial charge in [0.15, 0.2) is 5.75 Å². The molecule has 0 aliphatic carbocycles. The molecule has 0 aliphatic rings. The van der Waals surface area contributed by atoms with Crippen molar-refractivity contribution in [1.29, 1.82) is 0 Å². The van der Waals surface area contributed by atoms with Gasteiger partial charge in [0.1, 0.15) is 0 Å². The average Bonchev–Trinajstić information content (AvgIpc) is 2.12. The van der Waals surface area contributed by atoms with Gasteiger partial charge in [-0.15, -0.1) is 0 Å². The van der Waals surface area contributed by atoms with E-state index < -0.39 is 16.4 Å². The summed E-state index contributed by atoms with van der Waals surface area (Å²) in [6, 6.07) is 3.83. The second kappa shape index (κ2) is 4.47. The fourth-order valence-electron chi connectivity index (χ4n) is 1.08. The third kappa shape index (κ3) is 3.18. The number of rotatable bonds is 3. The van der Waals surface area contributed by atoms with Gasteiger partial charge in [-0.05, 0) is 17.5 Å². The summed E-state index contributed by atoms with van der Waals surface area (Å²) in [5, 5.41) is 10.7. The molecule has 1 aromatic carbocycles. The molecule has 0 amide bonds. The van der Waals surface area contributed by atoms with Crippen LogP contribution in [0.5, 0.6) is 5.75 Å². The fourth-order valence-corrected chi connectivity index (χ4v) is 1.08. The van der Waals surface area contributed by atoms with Crippen molar-refractivity contribution in [2.75, 3.05) is 6.61 Å². The Morgan fingerprint density at radius 2 is 2.06 bits per heavy atom. The molecule has 0 aromatic heterocycles. The molecule has 0 N–H and O–H groups in total. The van der Waals surface area contributed by atoms with Crippen LogP contribution >= 0.6 is 0 Å². The fraction of sp³-hybridized carbons (Fsp3) is 0.455. The Hall–Kier alpha value is -1.65. The number of hydrogen-bond acceptors (Lipinski definition) is 3. The summed E-state index contributed by atoms with van der Waals surface area (Å²) in [7, 11) is 0. The Labute approximate surface area is 93.2 Å². The lowest BCUT2D eigenvalue weighted by atomic mass is 9.99. The standard InChI is InChI=1S/C11H14FNO3/c1-11(2,3)7-16-9-6-4-5-8(12)10(9)13(14)15/h4-6H,7H2,1-3H3. The molecule has 4 nitrogen and oxygen atoms in total. The van der Waals surface area contributed by atoms with Crippen LogP contribution in [0, 0.1) is 21.3 Å². The largest absolute Gasteiger partial charge is 0.486 e. The SMILES string of the molecule is CC(C)(C)COc1cccc(F)c1[N+](=O)[O-]. The lowest BCUT2D eigenvalue weighted by Gasteiger charge is -2.18. The molecular weight excluding hydrogens is 213 g/mol. The first kappa shape index (κ1) is 12.4. The van der Waals surface area contributed by atoms with Gasteiger partial charge >= 0.3 is 5.69 Å². The van der Waals surface area contributed by atoms with Gasteiger partial charge in [0, 0.05) is 0 Å². The first-order chi connectivity index (χ1) is 7.31. The van der Waals surface area contributed by atoms with E-state index in [9.17, 15) is 14.5 Å². The molecule has 0 spiro atoms. The molecule has 0 saturated carbocycles. The van der Waals surface area contributed by atoms with Gasteiger partial charge in [-0.25, -0.2) is 0 Å². The van der Waals surface area contributed by atoms with Crippen LogP contribution in [0.15, 0.2) is 18.2 Å². The number of benzene rings is 1. The van der Waals surface area contributed by atoms with Gasteiger partial charge in [0.2, 0.25) is 5.82 Å². The molecule has 0 unspecified atom stereocenters. The molecule has 0 bridgehead atoms. The molecule has 88 valence electrons. The van der Waals surface area contributed by atoms with Gasteiger partial charge < -0.3 is 4.74 Å². The molecule has 1 rings (SSSR count). The van der Waals surface area contributed by atoms with E-state index in [1.807, 2.05) is 20.8 Å². The van der Waals surface area contributed by atoms with Crippen molar-refractivity contribution in [3.05, 3.63) is 34.1 Å². The third-order valence-corrected chi connectivity index (χ3v) is 1.79. The third-order valence-electron chi connectivity index (χ3n) is 1.79. The summed E-state index contributed by atoms with van der Waals surface area (Å²) in [6.07, 6.45) is 0. The van der Waals surface area contributed by atoms with Crippen molar-refractivity contribution in [1.82, 2.24) is 0 Å². The summed E-state index contributed by atoms with van der Waals surface area (Å²) in [4.78, 5) is 9.88. The maximum atomic E-state index is 13.2. The lowest BCUT2D eigenvalue weighted by molar-refractivity contribution is -0.388. The topological polar surface area (TPSA) is 52.4 Å². The van der Waals surface area contributed by atoms with E-state index in [4.69, 9.17) is 4.74 Å². The number of nitrogens with zero attached hydrogens (tertiary/aromatic N) is 1. The monoisotopic (exact) mass is 227 g/mol. The summed E-state index contributed by atoms with van der Waals surface area (Å²) < 4.78 is 18.5. The molecule has 0 heterocycles. The predicted molar refractivity (Wildman–Crippen MR) is 58.0 cm³/mol. The van der Waals surface area contributed by atoms with Crippen LogP contribution in [0.4, 0.5) is 10.1 Å². The zero-order valence-corrected chi connectivity index (χ0v) is 9.49. The van der Waals surface area contributed by atoms with Crippen molar-refractivity contribution >= 4 is 5.69 Å². The number of para-hydroxylation sites is 1. The molecule has 0 atom stereocenters. The molecular formula is C11H14FNO3. The van der Waals surface area contributed by atoms with Crippen LogP contribution in [0.3, 0.4) is 0 Å². The predicted octanol–water partition coefficient (Wildman–Crippen LogP) is 3.16. The summed E-state index contributed by atoms with van der Waals surface area (Å²) in [5.41, 5.74) is -0.744. The Morgan fingerprint density at radius 3 is 2.56 bits per heavy atom. The lowest BCUT2D eigenvalue weighted by Crippen LogP contribution is -2.17. The highest BCUT2D eigenvalue weighted by molar-refractivity contribution is 5.47. The van der Waals surface area contributed by atoms with Crippen LogP contribution in [0.1, 0.15) is 20.8 Å². The highest BCUT2D eigenvalue weighted by Crippen LogP contribution is 2.30. The smallest absolute Gasteiger partial charge is 0.346 e. The summed E-state index contributed by atoms with van der Waals surface area (Å²) >= 11 is 0. The van der Waals surface area contributed by atoms with E-state index >= 15 is 0 Å². The summed E-state index contributed by atoms with van der Waals surface area (Å²) in [5.74, 6) is -0.906. The van der Waals surface area contributed by atoms with E-state index in [-0.39, 0.29) is 17.8 Å². The quantitative estimate of drug-likeness (QED) is 0.588. The van der Waals surface area contributed by atoms with Crippen molar-refractivity contribution in [2.24, 2.45) is 5.41 Å². The van der Waals surface area contributed by atoms with Crippen LogP contribution in [-0.4, -0.2) is 11.5 Å². The maximum absolute atomic E-state index is 13.2. The van der Waals surface area contributed by atoms with E-state index in [1.165, 1.54) is 12.1 Å². The van der Waals surface area contributed by atoms with E-state index in [0.29, 0.717) is 0 Å². The highest BCUT2D eigenvalue weighted by atomic mass is 19.1. The maximum Gasteiger partial charge on any atom is 0.346 e. The summed E-state index contributed by atoms with van der Waals surface area (Å²) in [6.45, 7) is 6.08. The van der Waals surface area contributed by atoms with E-state index in [1.54, 1.807) is 0 Å². The van der Waals surface area contributed by atoms with Crippen molar-refractivity contribution in [3.8, 4) is 5.75 Å². The molecule has 1 aromatic rings. The number of nitro benzene ring substituents is 1. The molecule has 0 aliphatic heterocycles. The Morgan fingerprint density at radius 1 is 1.44 bits per heavy atom. The van der Waals surface area contributed by atoms with Gasteiger partial charge in [-0.1, -0.05) is 26.8 Å². The first-order valence-corrected chi connectivity index (χ1v) is 4.87. The van der Waals surface area contributed by atoms with Crippen LogP contribution < -0.4 is 4.74 Å². The van der Waals surface area contributed by atoms with Crippen molar-refractivity contribution < 1.29 is 14.1 Å². The Balaban J connectivity index is 2.96. The number of nitro groups is 1. The first-order valence-electron chi connectivity index (χ1n) is 4.87. The normalized spacial score (nSPS) is 11.2. The Kier molecular flexibility index (Phi) is 3.47. The second-order valence-electron chi connectivity index (χ2n) is 4.69. The van der Waals surface area contributed by atoms with Gasteiger partial charge in [-0.3, -0.25) is 10.1 Å². The van der Waals surface area contributed by atoms with E-state index in [2.05, 4.69) is 0 Å². The van der Waals surface area contributed by atoms with Crippen molar-refractivity contribution in [2.45, 2.75) is 20.8 Å². The molecule has 0 saturated heterocycles. The Bertz CT molecular complexity index is 399. The average molecular weight is 227 g/mol. The van der Waals surface area contributed by atoms with Crippen molar-refractivity contribution in [3.63, 3.8) is 0 Å². The zero-order valence-electron chi connectivity index (χ0n) is 9.49. The minimum absolute atomic E-state index is 0.0278. The van der Waals surface area contributed by atoms with Crippen LogP contribution in [0.25, 0.3) is 0 Å². The van der Waals surface area contributed by atoms with Gasteiger partial charge in [0.05, 0.1) is 11.5 Å². The van der Waals surface area contributed by atoms with Crippen LogP contribution in [-0.2, 0) is 0 Å². The van der Waals surface area contributed by atoms with Gasteiger partial charge in [-0.2, -0.15) is 4.39 Å². The number of halogens is 1. The molecule has 16 heavy (non-hydrogen) atoms. The van der Waals surface area contributed by atoms with Crippen LogP contribution in [0.2, 0.25) is 0 Å². The number of ether oxygens (including phenoxy) is 1. The van der Waals surface area contributed by atoms with Gasteiger partial charge in [0.25, 0.3) is 0 Å². The molecule has 5 heteroatoms. The van der Waals surface area contributed by atoms with E-state index in [0.717, 1.165) is 6.07 Å². The minimum atomic E-state index is -0.878. The molecule has 0 radical (unpaired) electrons. The number of hydrogen-bond donors (Lipinski definition) is 0. The highest BCUT2D eigenvalue weighted by Gasteiger charge is 2.22. The minimum Gasteiger partial charge on any atom is -0.486 e. The zero-order chi connectivity index (χ0) is 12.3. The molecule has 0 fully saturated rings.